The topological polar surface area (TPSA) is 105 Å². The van der Waals surface area contributed by atoms with Gasteiger partial charge in [-0.25, -0.2) is 4.98 Å². The number of halogens is 2. The molecule has 7 nitrogen and oxygen atoms in total. The molecule has 4 rings (SSSR count). The van der Waals surface area contributed by atoms with Crippen molar-refractivity contribution in [3.8, 4) is 11.8 Å². The number of ether oxygens (including phenoxy) is 1. The molecule has 164 valence electrons. The number of fused-ring (bicyclic) bond motifs is 1. The summed E-state index contributed by atoms with van der Waals surface area (Å²) in [5, 5.41) is 20.5. The average molecular weight is 662 g/mol. The summed E-state index contributed by atoms with van der Waals surface area (Å²) in [6.07, 6.45) is 1.80. The van der Waals surface area contributed by atoms with Gasteiger partial charge in [-0.05, 0) is 111 Å². The van der Waals surface area contributed by atoms with E-state index in [2.05, 4.69) is 61.2 Å². The highest BCUT2D eigenvalue weighted by molar-refractivity contribution is 14.1. The second kappa shape index (κ2) is 9.88. The Morgan fingerprint density at radius 3 is 2.52 bits per heavy atom. The van der Waals surface area contributed by atoms with Crippen molar-refractivity contribution in [1.29, 1.82) is 5.26 Å². The number of benzene rings is 3. The molecule has 1 aromatic heterocycles. The van der Waals surface area contributed by atoms with Gasteiger partial charge in [-0.2, -0.15) is 5.26 Å². The van der Waals surface area contributed by atoms with Crippen molar-refractivity contribution >= 4 is 73.6 Å². The molecule has 3 aromatic carbocycles. The number of non-ortho nitro benzene ring substituents is 1. The Bertz CT molecular complexity index is 1410. The zero-order valence-corrected chi connectivity index (χ0v) is 21.6. The maximum atomic E-state index is 10.8. The van der Waals surface area contributed by atoms with Crippen LogP contribution in [0, 0.1) is 35.5 Å². The number of aromatic nitrogens is 2. The normalized spacial score (nSPS) is 11.4. The average Bonchev–Trinajstić information content (AvgIpc) is 3.20. The Morgan fingerprint density at radius 1 is 1.18 bits per heavy atom. The molecule has 4 aromatic rings. The third kappa shape index (κ3) is 5.33. The van der Waals surface area contributed by atoms with E-state index in [1.807, 2.05) is 37.3 Å². The van der Waals surface area contributed by atoms with Crippen LogP contribution in [-0.4, -0.2) is 14.9 Å². The number of aromatic amines is 1. The summed E-state index contributed by atoms with van der Waals surface area (Å²) in [4.78, 5) is 18.1. The molecule has 0 radical (unpaired) electrons. The summed E-state index contributed by atoms with van der Waals surface area (Å²) in [7, 11) is 0. The fourth-order valence-electron chi connectivity index (χ4n) is 3.24. The monoisotopic (exact) mass is 662 g/mol. The Hall–Kier alpha value is -2.98. The van der Waals surface area contributed by atoms with E-state index in [0.29, 0.717) is 18.0 Å². The molecule has 0 spiro atoms. The molecule has 1 N–H and O–H groups in total. The van der Waals surface area contributed by atoms with Crippen LogP contribution < -0.4 is 4.74 Å². The molecule has 1 heterocycles. The molecule has 33 heavy (non-hydrogen) atoms. The number of nitro groups is 1. The Kier molecular flexibility index (Phi) is 6.94. The van der Waals surface area contributed by atoms with Crippen molar-refractivity contribution in [2.24, 2.45) is 0 Å². The lowest BCUT2D eigenvalue weighted by Gasteiger charge is -2.12. The van der Waals surface area contributed by atoms with Gasteiger partial charge < -0.3 is 9.72 Å². The molecule has 0 fully saturated rings. The van der Waals surface area contributed by atoms with Crippen molar-refractivity contribution in [3.05, 3.63) is 94.4 Å². The highest BCUT2D eigenvalue weighted by Crippen LogP contribution is 2.31. The van der Waals surface area contributed by atoms with E-state index < -0.39 is 4.92 Å². The van der Waals surface area contributed by atoms with Gasteiger partial charge in [0.1, 0.15) is 24.3 Å². The van der Waals surface area contributed by atoms with Crippen LogP contribution in [0.25, 0.3) is 22.7 Å². The smallest absolute Gasteiger partial charge is 0.269 e. The van der Waals surface area contributed by atoms with Crippen LogP contribution >= 0.6 is 45.2 Å². The van der Waals surface area contributed by atoms with Gasteiger partial charge in [0, 0.05) is 12.1 Å². The molecule has 0 amide bonds. The maximum absolute atomic E-state index is 10.8. The van der Waals surface area contributed by atoms with Crippen molar-refractivity contribution in [1.82, 2.24) is 9.97 Å². The summed E-state index contributed by atoms with van der Waals surface area (Å²) < 4.78 is 7.77. The lowest BCUT2D eigenvalue weighted by atomic mass is 10.1. The second-order valence-corrected chi connectivity index (χ2v) is 9.63. The molecular formula is C24H16I2N4O3. The molecule has 0 aliphatic carbocycles. The number of hydrogen-bond acceptors (Lipinski definition) is 5. The van der Waals surface area contributed by atoms with Gasteiger partial charge in [0.15, 0.2) is 0 Å². The van der Waals surface area contributed by atoms with Crippen LogP contribution in [0.5, 0.6) is 5.75 Å². The number of aryl methyl sites for hydroxylation is 1. The summed E-state index contributed by atoms with van der Waals surface area (Å²) in [6.45, 7) is 2.30. The fraction of sp³-hybridized carbons (Fsp3) is 0.0833. The Labute approximate surface area is 216 Å². The fourth-order valence-corrected chi connectivity index (χ4v) is 5.37. The number of rotatable bonds is 6. The highest BCUT2D eigenvalue weighted by atomic mass is 127. The maximum Gasteiger partial charge on any atom is 0.269 e. The summed E-state index contributed by atoms with van der Waals surface area (Å²) in [6, 6.07) is 18.3. The lowest BCUT2D eigenvalue weighted by molar-refractivity contribution is -0.384. The highest BCUT2D eigenvalue weighted by Gasteiger charge is 2.12. The first-order valence-corrected chi connectivity index (χ1v) is 11.9. The quantitative estimate of drug-likeness (QED) is 0.108. The molecule has 0 saturated carbocycles. The Balaban J connectivity index is 1.56. The van der Waals surface area contributed by atoms with Gasteiger partial charge in [0.2, 0.25) is 0 Å². The van der Waals surface area contributed by atoms with E-state index in [4.69, 9.17) is 4.74 Å². The first-order valence-electron chi connectivity index (χ1n) is 9.78. The van der Waals surface area contributed by atoms with Crippen molar-refractivity contribution in [2.45, 2.75) is 13.5 Å². The van der Waals surface area contributed by atoms with Crippen LogP contribution in [0.2, 0.25) is 0 Å². The van der Waals surface area contributed by atoms with E-state index >= 15 is 0 Å². The third-order valence-electron chi connectivity index (χ3n) is 4.87. The molecule has 0 aliphatic heterocycles. The number of nitriles is 1. The molecule has 0 bridgehead atoms. The van der Waals surface area contributed by atoms with Gasteiger partial charge >= 0.3 is 0 Å². The van der Waals surface area contributed by atoms with Gasteiger partial charge in [-0.3, -0.25) is 10.1 Å². The van der Waals surface area contributed by atoms with E-state index in [-0.39, 0.29) is 5.69 Å². The number of allylic oxidation sites excluding steroid dienone is 1. The van der Waals surface area contributed by atoms with Crippen LogP contribution in [0.1, 0.15) is 22.5 Å². The van der Waals surface area contributed by atoms with Crippen LogP contribution in [-0.2, 0) is 6.61 Å². The van der Waals surface area contributed by atoms with Gasteiger partial charge in [-0.1, -0.05) is 6.07 Å². The minimum absolute atomic E-state index is 0.0481. The van der Waals surface area contributed by atoms with E-state index in [1.54, 1.807) is 18.2 Å². The first-order chi connectivity index (χ1) is 15.8. The number of nitro benzene ring substituents is 1. The molecule has 0 saturated heterocycles. The molecule has 0 atom stereocenters. The zero-order valence-electron chi connectivity index (χ0n) is 17.3. The van der Waals surface area contributed by atoms with Gasteiger partial charge in [0.05, 0.1) is 28.7 Å². The van der Waals surface area contributed by atoms with Crippen molar-refractivity contribution in [2.75, 3.05) is 0 Å². The van der Waals surface area contributed by atoms with Crippen molar-refractivity contribution < 1.29 is 9.66 Å². The Morgan fingerprint density at radius 2 is 1.88 bits per heavy atom. The lowest BCUT2D eigenvalue weighted by Crippen LogP contribution is -2.00. The molecule has 9 heteroatoms. The van der Waals surface area contributed by atoms with E-state index in [1.165, 1.54) is 12.1 Å². The standard InChI is InChI=1S/C24H16I2N4O3/c1-14-2-7-21-22(8-14)29-24(28-21)17(12-27)9-16-10-19(25)23(20(26)11-16)33-13-15-3-5-18(6-4-15)30(31)32/h2-11H,13H2,1H3,(H,28,29)/b17-9-. The van der Waals surface area contributed by atoms with Crippen LogP contribution in [0.15, 0.2) is 54.6 Å². The minimum Gasteiger partial charge on any atom is -0.487 e. The summed E-state index contributed by atoms with van der Waals surface area (Å²) in [5.74, 6) is 1.26. The van der Waals surface area contributed by atoms with E-state index in [9.17, 15) is 15.4 Å². The number of hydrogen-bond donors (Lipinski definition) is 1. The van der Waals surface area contributed by atoms with Gasteiger partial charge in [0.25, 0.3) is 5.69 Å². The SMILES string of the molecule is Cc1ccc2nc(/C(C#N)=C\c3cc(I)c(OCc4ccc([N+](=O)[O-])cc4)c(I)c3)[nH]c2c1. The predicted molar refractivity (Wildman–Crippen MR) is 144 cm³/mol. The number of nitrogens with zero attached hydrogens (tertiary/aromatic N) is 3. The number of imidazole rings is 1. The number of nitrogens with one attached hydrogen (secondary N) is 1. The van der Waals surface area contributed by atoms with Crippen LogP contribution in [0.4, 0.5) is 5.69 Å². The van der Waals surface area contributed by atoms with Crippen molar-refractivity contribution in [3.63, 3.8) is 0 Å². The largest absolute Gasteiger partial charge is 0.487 e. The molecule has 0 aliphatic rings. The van der Waals surface area contributed by atoms with E-state index in [0.717, 1.165) is 40.6 Å². The van der Waals surface area contributed by atoms with Gasteiger partial charge in [-0.15, -0.1) is 0 Å². The first kappa shape index (κ1) is 23.2. The number of H-pyrrole nitrogens is 1. The third-order valence-corrected chi connectivity index (χ3v) is 6.48. The minimum atomic E-state index is -0.426. The second-order valence-electron chi connectivity index (χ2n) is 7.30. The summed E-state index contributed by atoms with van der Waals surface area (Å²) >= 11 is 4.40. The zero-order chi connectivity index (χ0) is 23.5. The predicted octanol–water partition coefficient (Wildman–Crippen LogP) is 6.63. The summed E-state index contributed by atoms with van der Waals surface area (Å²) in [5.41, 5.74) is 5.01. The molecular weight excluding hydrogens is 646 g/mol. The molecule has 0 unspecified atom stereocenters. The van der Waals surface area contributed by atoms with Crippen LogP contribution in [0.3, 0.4) is 0 Å².